The Kier molecular flexibility index (Phi) is 4.65. The summed E-state index contributed by atoms with van der Waals surface area (Å²) in [7, 11) is 0. The lowest BCUT2D eigenvalue weighted by Crippen LogP contribution is -2.15. The number of hydrogen-bond donors (Lipinski definition) is 2. The lowest BCUT2D eigenvalue weighted by molar-refractivity contribution is 0.0691. The van der Waals surface area contributed by atoms with Crippen LogP contribution in [0.25, 0.3) is 10.3 Å². The van der Waals surface area contributed by atoms with Crippen LogP contribution in [0.5, 0.6) is 0 Å². The van der Waals surface area contributed by atoms with Crippen molar-refractivity contribution in [1.82, 2.24) is 14.8 Å². The molecule has 2 heterocycles. The molecule has 8 heteroatoms. The number of amides is 1. The number of aryl methyl sites for hydroxylation is 1. The number of carboxylic acids is 1. The molecule has 0 unspecified atom stereocenters. The number of fused-ring (bicyclic) bond motifs is 1. The molecule has 1 aromatic carbocycles. The largest absolute Gasteiger partial charge is 0.476 e. The fourth-order valence-electron chi connectivity index (χ4n) is 3.47. The molecule has 0 spiro atoms. The number of anilines is 1. The van der Waals surface area contributed by atoms with Crippen molar-refractivity contribution in [3.8, 4) is 0 Å². The Balaban J connectivity index is 1.67. The number of carbonyl (C=O) groups is 2. The Labute approximate surface area is 160 Å². The smallest absolute Gasteiger partial charge is 0.357 e. The van der Waals surface area contributed by atoms with Gasteiger partial charge in [-0.15, -0.1) is 0 Å². The summed E-state index contributed by atoms with van der Waals surface area (Å²) in [6.07, 6.45) is 5.35. The van der Waals surface area contributed by atoms with Gasteiger partial charge in [0.15, 0.2) is 16.5 Å². The standard InChI is InChI=1S/C19H20N4O3S/c1-11-7-9-12(10-8-11)17(24)21-19-20-16-15(27-19)14(18(25)26)22-23(16)13-5-3-2-4-6-13/h7-10,13H,2-6H2,1H3,(H,25,26)(H,20,21,24). The lowest BCUT2D eigenvalue weighted by atomic mass is 9.96. The van der Waals surface area contributed by atoms with Gasteiger partial charge in [-0.3, -0.25) is 10.1 Å². The Bertz CT molecular complexity index is 1000. The SMILES string of the molecule is Cc1ccc(C(=O)Nc2nc3c(s2)c(C(=O)O)nn3C2CCCCC2)cc1. The van der Waals surface area contributed by atoms with E-state index in [4.69, 9.17) is 0 Å². The molecular formula is C19H20N4O3S. The number of nitrogens with one attached hydrogen (secondary N) is 1. The second-order valence-electron chi connectivity index (χ2n) is 6.88. The number of nitrogens with zero attached hydrogens (tertiary/aromatic N) is 3. The van der Waals surface area contributed by atoms with Crippen LogP contribution >= 0.6 is 11.3 Å². The third-order valence-electron chi connectivity index (χ3n) is 4.91. The first-order valence-corrected chi connectivity index (χ1v) is 9.85. The fraction of sp³-hybridized carbons (Fsp3) is 0.368. The molecule has 0 radical (unpaired) electrons. The zero-order valence-corrected chi connectivity index (χ0v) is 15.8. The van der Waals surface area contributed by atoms with Gasteiger partial charge >= 0.3 is 5.97 Å². The third kappa shape index (κ3) is 3.44. The van der Waals surface area contributed by atoms with E-state index in [9.17, 15) is 14.7 Å². The molecule has 1 aliphatic carbocycles. The van der Waals surface area contributed by atoms with E-state index in [0.29, 0.717) is 21.0 Å². The van der Waals surface area contributed by atoms with E-state index in [2.05, 4.69) is 15.4 Å². The number of hydrogen-bond acceptors (Lipinski definition) is 5. The van der Waals surface area contributed by atoms with E-state index >= 15 is 0 Å². The van der Waals surface area contributed by atoms with Crippen molar-refractivity contribution >= 4 is 38.7 Å². The Morgan fingerprint density at radius 3 is 2.56 bits per heavy atom. The highest BCUT2D eigenvalue weighted by Gasteiger charge is 2.26. The molecule has 0 bridgehead atoms. The molecule has 0 aliphatic heterocycles. The number of aromatic nitrogens is 3. The fourth-order valence-corrected chi connectivity index (χ4v) is 4.39. The number of rotatable bonds is 4. The molecule has 1 fully saturated rings. The highest BCUT2D eigenvalue weighted by molar-refractivity contribution is 7.22. The van der Waals surface area contributed by atoms with Gasteiger partial charge in [-0.2, -0.15) is 10.1 Å². The first kappa shape index (κ1) is 17.7. The maximum absolute atomic E-state index is 12.4. The average Bonchev–Trinajstić information content (AvgIpc) is 3.21. The van der Waals surface area contributed by atoms with Crippen LogP contribution in [0.3, 0.4) is 0 Å². The van der Waals surface area contributed by atoms with Crippen LogP contribution in [0.2, 0.25) is 0 Å². The summed E-state index contributed by atoms with van der Waals surface area (Å²) in [5.74, 6) is -1.34. The van der Waals surface area contributed by atoms with Crippen LogP contribution in [0.1, 0.15) is 64.6 Å². The van der Waals surface area contributed by atoms with Gasteiger partial charge in [0.05, 0.1) is 6.04 Å². The van der Waals surface area contributed by atoms with E-state index in [-0.39, 0.29) is 17.6 Å². The molecule has 27 heavy (non-hydrogen) atoms. The summed E-state index contributed by atoms with van der Waals surface area (Å²) in [5, 5.41) is 17.0. The molecule has 1 aliphatic rings. The highest BCUT2D eigenvalue weighted by atomic mass is 32.1. The van der Waals surface area contributed by atoms with Crippen molar-refractivity contribution in [1.29, 1.82) is 0 Å². The number of aromatic carboxylic acids is 1. The van der Waals surface area contributed by atoms with Gasteiger partial charge in [0.2, 0.25) is 0 Å². The zero-order chi connectivity index (χ0) is 19.0. The van der Waals surface area contributed by atoms with Gasteiger partial charge in [0.25, 0.3) is 5.91 Å². The lowest BCUT2D eigenvalue weighted by Gasteiger charge is -2.21. The first-order valence-electron chi connectivity index (χ1n) is 9.03. The van der Waals surface area contributed by atoms with E-state index in [0.717, 1.165) is 42.6 Å². The van der Waals surface area contributed by atoms with E-state index in [1.165, 1.54) is 6.42 Å². The van der Waals surface area contributed by atoms with Crippen molar-refractivity contribution in [2.75, 3.05) is 5.32 Å². The summed E-state index contributed by atoms with van der Waals surface area (Å²) in [6, 6.07) is 7.42. The minimum Gasteiger partial charge on any atom is -0.476 e. The van der Waals surface area contributed by atoms with Gasteiger partial charge in [0.1, 0.15) is 4.70 Å². The first-order chi connectivity index (χ1) is 13.0. The Morgan fingerprint density at radius 1 is 1.19 bits per heavy atom. The van der Waals surface area contributed by atoms with Crippen molar-refractivity contribution in [2.45, 2.75) is 45.1 Å². The molecule has 140 valence electrons. The summed E-state index contributed by atoms with van der Waals surface area (Å²) in [6.45, 7) is 1.96. The zero-order valence-electron chi connectivity index (χ0n) is 14.9. The normalized spacial score (nSPS) is 15.1. The molecule has 4 rings (SSSR count). The number of carbonyl (C=O) groups excluding carboxylic acids is 1. The van der Waals surface area contributed by atoms with E-state index in [1.54, 1.807) is 16.8 Å². The Morgan fingerprint density at radius 2 is 1.89 bits per heavy atom. The maximum Gasteiger partial charge on any atom is 0.357 e. The number of thiazole rings is 1. The van der Waals surface area contributed by atoms with Gasteiger partial charge in [0, 0.05) is 5.56 Å². The van der Waals surface area contributed by atoms with Crippen molar-refractivity contribution in [3.05, 3.63) is 41.1 Å². The summed E-state index contributed by atoms with van der Waals surface area (Å²) >= 11 is 1.16. The van der Waals surface area contributed by atoms with Crippen LogP contribution in [-0.4, -0.2) is 31.7 Å². The van der Waals surface area contributed by atoms with E-state index in [1.807, 2.05) is 19.1 Å². The third-order valence-corrected chi connectivity index (χ3v) is 5.87. The Hall–Kier alpha value is -2.74. The molecule has 1 saturated carbocycles. The van der Waals surface area contributed by atoms with Gasteiger partial charge in [-0.25, -0.2) is 9.48 Å². The van der Waals surface area contributed by atoms with Crippen molar-refractivity contribution < 1.29 is 14.7 Å². The minimum atomic E-state index is -1.07. The minimum absolute atomic E-state index is 0.00362. The topological polar surface area (TPSA) is 97.1 Å². The summed E-state index contributed by atoms with van der Waals surface area (Å²) < 4.78 is 2.25. The molecule has 3 aromatic rings. The van der Waals surface area contributed by atoms with Gasteiger partial charge in [-0.1, -0.05) is 48.3 Å². The van der Waals surface area contributed by atoms with Crippen LogP contribution in [0, 0.1) is 6.92 Å². The van der Waals surface area contributed by atoms with Crippen molar-refractivity contribution in [3.63, 3.8) is 0 Å². The summed E-state index contributed by atoms with van der Waals surface area (Å²) in [4.78, 5) is 28.6. The molecule has 7 nitrogen and oxygen atoms in total. The molecule has 0 saturated heterocycles. The predicted molar refractivity (Wildman–Crippen MR) is 104 cm³/mol. The number of carboxylic acid groups (broad SMARTS) is 1. The molecule has 2 aromatic heterocycles. The quantitative estimate of drug-likeness (QED) is 0.700. The molecule has 2 N–H and O–H groups in total. The van der Waals surface area contributed by atoms with Crippen LogP contribution < -0.4 is 5.32 Å². The second-order valence-corrected chi connectivity index (χ2v) is 7.88. The van der Waals surface area contributed by atoms with Gasteiger partial charge < -0.3 is 5.11 Å². The number of benzene rings is 1. The van der Waals surface area contributed by atoms with Gasteiger partial charge in [-0.05, 0) is 31.9 Å². The van der Waals surface area contributed by atoms with Crippen molar-refractivity contribution in [2.24, 2.45) is 0 Å². The maximum atomic E-state index is 12.4. The predicted octanol–water partition coefficient (Wildman–Crippen LogP) is 4.26. The van der Waals surface area contributed by atoms with Crippen LogP contribution in [-0.2, 0) is 0 Å². The highest BCUT2D eigenvalue weighted by Crippen LogP contribution is 2.35. The molecular weight excluding hydrogens is 364 g/mol. The molecule has 1 amide bonds. The molecule has 0 atom stereocenters. The second kappa shape index (κ2) is 7.11. The van der Waals surface area contributed by atoms with Crippen LogP contribution in [0.15, 0.2) is 24.3 Å². The van der Waals surface area contributed by atoms with E-state index < -0.39 is 5.97 Å². The van der Waals surface area contributed by atoms with Crippen LogP contribution in [0.4, 0.5) is 5.13 Å². The average molecular weight is 384 g/mol. The monoisotopic (exact) mass is 384 g/mol. The summed E-state index contributed by atoms with van der Waals surface area (Å²) in [5.41, 5.74) is 2.16.